The summed E-state index contributed by atoms with van der Waals surface area (Å²) in [5.41, 5.74) is 0.965. The molecule has 0 heterocycles. The highest BCUT2D eigenvalue weighted by molar-refractivity contribution is 7.89. The van der Waals surface area contributed by atoms with Crippen molar-refractivity contribution in [2.75, 3.05) is 6.54 Å². The summed E-state index contributed by atoms with van der Waals surface area (Å²) in [5, 5.41) is 9.68. The van der Waals surface area contributed by atoms with Gasteiger partial charge in [-0.15, -0.1) is 0 Å². The van der Waals surface area contributed by atoms with E-state index in [4.69, 9.17) is 0 Å². The second-order valence-electron chi connectivity index (χ2n) is 4.72. The molecule has 0 aliphatic heterocycles. The van der Waals surface area contributed by atoms with Gasteiger partial charge in [-0.25, -0.2) is 13.1 Å². The summed E-state index contributed by atoms with van der Waals surface area (Å²) in [6.07, 6.45) is 1.14. The van der Waals surface area contributed by atoms with Crippen LogP contribution in [0.4, 0.5) is 0 Å². The van der Waals surface area contributed by atoms with E-state index in [-0.39, 0.29) is 10.8 Å². The van der Waals surface area contributed by atoms with Crippen LogP contribution in [0.2, 0.25) is 0 Å². The van der Waals surface area contributed by atoms with Gasteiger partial charge in [0.2, 0.25) is 10.0 Å². The predicted molar refractivity (Wildman–Crippen MR) is 76.6 cm³/mol. The van der Waals surface area contributed by atoms with Crippen LogP contribution in [-0.4, -0.2) is 26.2 Å². The normalized spacial score (nSPS) is 15.2. The van der Waals surface area contributed by atoms with Crippen molar-refractivity contribution in [3.05, 3.63) is 29.8 Å². The zero-order valence-corrected chi connectivity index (χ0v) is 12.6. The first kappa shape index (κ1) is 16.1. The quantitative estimate of drug-likeness (QED) is 0.807. The van der Waals surface area contributed by atoms with Crippen LogP contribution in [0.3, 0.4) is 0 Å². The second-order valence-corrected chi connectivity index (χ2v) is 6.49. The Morgan fingerprint density at radius 1 is 1.21 bits per heavy atom. The Hall–Kier alpha value is -0.910. The molecule has 108 valence electrons. The van der Waals surface area contributed by atoms with E-state index in [9.17, 15) is 13.5 Å². The SMILES string of the molecule is CCCNS(=O)(=O)c1ccc(C(CC)C(C)O)cc1. The molecule has 19 heavy (non-hydrogen) atoms. The fourth-order valence-corrected chi connectivity index (χ4v) is 3.20. The summed E-state index contributed by atoms with van der Waals surface area (Å²) in [5.74, 6) is 0.0420. The number of aliphatic hydroxyl groups excluding tert-OH is 1. The average Bonchev–Trinajstić information content (AvgIpc) is 2.37. The molecule has 1 rings (SSSR count). The lowest BCUT2D eigenvalue weighted by molar-refractivity contribution is 0.160. The van der Waals surface area contributed by atoms with Crippen molar-refractivity contribution < 1.29 is 13.5 Å². The molecule has 0 fully saturated rings. The van der Waals surface area contributed by atoms with Gasteiger partial charge >= 0.3 is 0 Å². The lowest BCUT2D eigenvalue weighted by Crippen LogP contribution is -2.24. The molecular formula is C14H23NO3S. The van der Waals surface area contributed by atoms with Gasteiger partial charge in [-0.3, -0.25) is 0 Å². The van der Waals surface area contributed by atoms with Crippen LogP contribution in [-0.2, 0) is 10.0 Å². The van der Waals surface area contributed by atoms with Crippen molar-refractivity contribution in [3.63, 3.8) is 0 Å². The molecule has 0 radical (unpaired) electrons. The summed E-state index contributed by atoms with van der Waals surface area (Å²) in [7, 11) is -3.40. The van der Waals surface area contributed by atoms with E-state index >= 15 is 0 Å². The lowest BCUT2D eigenvalue weighted by atomic mass is 9.92. The molecule has 0 aliphatic carbocycles. The third-order valence-electron chi connectivity index (χ3n) is 3.18. The third-order valence-corrected chi connectivity index (χ3v) is 4.66. The smallest absolute Gasteiger partial charge is 0.240 e. The molecule has 2 N–H and O–H groups in total. The number of nitrogens with one attached hydrogen (secondary N) is 1. The average molecular weight is 285 g/mol. The maximum absolute atomic E-state index is 11.9. The number of rotatable bonds is 7. The Labute approximate surface area is 115 Å². The molecule has 4 nitrogen and oxygen atoms in total. The van der Waals surface area contributed by atoms with Crippen molar-refractivity contribution in [1.82, 2.24) is 4.72 Å². The number of sulfonamides is 1. The van der Waals surface area contributed by atoms with Gasteiger partial charge in [0, 0.05) is 12.5 Å². The zero-order chi connectivity index (χ0) is 14.5. The first-order valence-corrected chi connectivity index (χ1v) is 8.18. The minimum Gasteiger partial charge on any atom is -0.393 e. The van der Waals surface area contributed by atoms with Crippen molar-refractivity contribution in [1.29, 1.82) is 0 Å². The Balaban J connectivity index is 2.93. The standard InChI is InChI=1S/C14H23NO3S/c1-4-10-15-19(17,18)13-8-6-12(7-9-13)14(5-2)11(3)16/h6-9,11,14-16H,4-5,10H2,1-3H3. The van der Waals surface area contributed by atoms with E-state index in [1.54, 1.807) is 31.2 Å². The van der Waals surface area contributed by atoms with E-state index in [1.165, 1.54) is 0 Å². The monoisotopic (exact) mass is 285 g/mol. The van der Waals surface area contributed by atoms with Crippen molar-refractivity contribution >= 4 is 10.0 Å². The van der Waals surface area contributed by atoms with E-state index in [0.29, 0.717) is 6.54 Å². The highest BCUT2D eigenvalue weighted by Crippen LogP contribution is 2.24. The van der Waals surface area contributed by atoms with Gasteiger partial charge in [0.05, 0.1) is 11.0 Å². The minimum atomic E-state index is -3.40. The molecule has 0 aliphatic rings. The molecule has 0 saturated heterocycles. The van der Waals surface area contributed by atoms with E-state index in [0.717, 1.165) is 18.4 Å². The highest BCUT2D eigenvalue weighted by Gasteiger charge is 2.17. The van der Waals surface area contributed by atoms with Gasteiger partial charge in [0.25, 0.3) is 0 Å². The summed E-state index contributed by atoms with van der Waals surface area (Å²) < 4.78 is 26.4. The second kappa shape index (κ2) is 7.03. The van der Waals surface area contributed by atoms with Gasteiger partial charge in [-0.05, 0) is 37.5 Å². The Bertz CT molecular complexity index is 480. The van der Waals surface area contributed by atoms with Gasteiger partial charge in [-0.1, -0.05) is 26.0 Å². The minimum absolute atomic E-state index is 0.0420. The number of hydrogen-bond donors (Lipinski definition) is 2. The van der Waals surface area contributed by atoms with Crippen LogP contribution in [0.1, 0.15) is 45.1 Å². The van der Waals surface area contributed by atoms with Crippen LogP contribution in [0.25, 0.3) is 0 Å². The van der Waals surface area contributed by atoms with E-state index < -0.39 is 16.1 Å². The fourth-order valence-electron chi connectivity index (χ4n) is 2.07. The molecule has 2 atom stereocenters. The van der Waals surface area contributed by atoms with Gasteiger partial charge in [-0.2, -0.15) is 0 Å². The predicted octanol–water partition coefficient (Wildman–Crippen LogP) is 2.25. The number of aliphatic hydroxyl groups is 1. The largest absolute Gasteiger partial charge is 0.393 e. The number of benzene rings is 1. The summed E-state index contributed by atoms with van der Waals surface area (Å²) >= 11 is 0. The van der Waals surface area contributed by atoms with Crippen molar-refractivity contribution in [2.45, 2.75) is 50.5 Å². The van der Waals surface area contributed by atoms with Crippen molar-refractivity contribution in [3.8, 4) is 0 Å². The zero-order valence-electron chi connectivity index (χ0n) is 11.8. The van der Waals surface area contributed by atoms with Crippen molar-refractivity contribution in [2.24, 2.45) is 0 Å². The van der Waals surface area contributed by atoms with Crippen LogP contribution < -0.4 is 4.72 Å². The first-order valence-electron chi connectivity index (χ1n) is 6.70. The molecule has 0 amide bonds. The molecular weight excluding hydrogens is 262 g/mol. The maximum Gasteiger partial charge on any atom is 0.240 e. The van der Waals surface area contributed by atoms with E-state index in [1.807, 2.05) is 13.8 Å². The molecule has 0 aromatic heterocycles. The van der Waals surface area contributed by atoms with Gasteiger partial charge in [0.15, 0.2) is 0 Å². The molecule has 1 aromatic rings. The molecule has 1 aromatic carbocycles. The Kier molecular flexibility index (Phi) is 5.97. The molecule has 0 bridgehead atoms. The molecule has 0 spiro atoms. The van der Waals surface area contributed by atoms with Crippen LogP contribution >= 0.6 is 0 Å². The van der Waals surface area contributed by atoms with E-state index in [2.05, 4.69) is 4.72 Å². The summed E-state index contributed by atoms with van der Waals surface area (Å²) in [4.78, 5) is 0.269. The Morgan fingerprint density at radius 2 is 1.79 bits per heavy atom. The first-order chi connectivity index (χ1) is 8.92. The summed E-state index contributed by atoms with van der Waals surface area (Å²) in [6, 6.07) is 6.75. The Morgan fingerprint density at radius 3 is 2.21 bits per heavy atom. The van der Waals surface area contributed by atoms with Crippen LogP contribution in [0.15, 0.2) is 29.2 Å². The molecule has 2 unspecified atom stereocenters. The third kappa shape index (κ3) is 4.30. The van der Waals surface area contributed by atoms with Gasteiger partial charge < -0.3 is 5.11 Å². The number of hydrogen-bond acceptors (Lipinski definition) is 3. The summed E-state index contributed by atoms with van der Waals surface area (Å²) in [6.45, 7) is 6.11. The lowest BCUT2D eigenvalue weighted by Gasteiger charge is -2.18. The van der Waals surface area contributed by atoms with Gasteiger partial charge in [0.1, 0.15) is 0 Å². The van der Waals surface area contributed by atoms with Crippen LogP contribution in [0, 0.1) is 0 Å². The molecule has 5 heteroatoms. The molecule has 0 saturated carbocycles. The van der Waals surface area contributed by atoms with Crippen LogP contribution in [0.5, 0.6) is 0 Å². The highest BCUT2D eigenvalue weighted by atomic mass is 32.2. The maximum atomic E-state index is 11.9. The fraction of sp³-hybridized carbons (Fsp3) is 0.571. The topological polar surface area (TPSA) is 66.4 Å².